The van der Waals surface area contributed by atoms with Gasteiger partial charge in [0.05, 0.1) is 23.6 Å². The van der Waals surface area contributed by atoms with Crippen LogP contribution in [0.2, 0.25) is 0 Å². The van der Waals surface area contributed by atoms with Crippen LogP contribution in [0.25, 0.3) is 11.4 Å². The van der Waals surface area contributed by atoms with Crippen LogP contribution in [0.3, 0.4) is 0 Å². The zero-order valence-corrected chi connectivity index (χ0v) is 15.5. The third-order valence-corrected chi connectivity index (χ3v) is 4.66. The van der Waals surface area contributed by atoms with Crippen LogP contribution in [0.15, 0.2) is 73.4 Å². The fraction of sp³-hybridized carbons (Fsp3) is 0.150. The summed E-state index contributed by atoms with van der Waals surface area (Å²) in [6.45, 7) is 1.98. The molecule has 140 valence electrons. The number of aromatic nitrogens is 6. The van der Waals surface area contributed by atoms with Crippen LogP contribution in [0.5, 0.6) is 0 Å². The molecule has 0 aliphatic rings. The van der Waals surface area contributed by atoms with Gasteiger partial charge in [-0.2, -0.15) is 15.0 Å². The van der Waals surface area contributed by atoms with Crippen LogP contribution in [0.4, 0.5) is 0 Å². The van der Waals surface area contributed by atoms with Crippen LogP contribution in [0.1, 0.15) is 29.0 Å². The summed E-state index contributed by atoms with van der Waals surface area (Å²) in [4.78, 5) is 19.9. The van der Waals surface area contributed by atoms with Gasteiger partial charge in [-0.25, -0.2) is 9.67 Å². The minimum Gasteiger partial charge on any atom is -0.334 e. The van der Waals surface area contributed by atoms with Crippen molar-refractivity contribution in [1.82, 2.24) is 34.7 Å². The predicted octanol–water partition coefficient (Wildman–Crippen LogP) is 2.68. The number of para-hydroxylation sites is 1. The lowest BCUT2D eigenvalue weighted by Crippen LogP contribution is -2.30. The molecule has 0 saturated heterocycles. The van der Waals surface area contributed by atoms with Crippen molar-refractivity contribution >= 4 is 5.91 Å². The molecule has 0 spiro atoms. The van der Waals surface area contributed by atoms with Crippen LogP contribution in [-0.2, 0) is 0 Å². The number of carbonyl (C=O) groups excluding carboxylic acids is 1. The van der Waals surface area contributed by atoms with Crippen LogP contribution in [-0.4, -0.2) is 47.6 Å². The summed E-state index contributed by atoms with van der Waals surface area (Å²) in [5.74, 6) is -0.185. The van der Waals surface area contributed by atoms with Gasteiger partial charge >= 0.3 is 0 Å². The van der Waals surface area contributed by atoms with Crippen LogP contribution < -0.4 is 0 Å². The first kappa shape index (κ1) is 17.6. The molecule has 1 unspecified atom stereocenters. The maximum absolute atomic E-state index is 12.8. The summed E-state index contributed by atoms with van der Waals surface area (Å²) in [6.07, 6.45) is 4.63. The Labute approximate surface area is 162 Å². The van der Waals surface area contributed by atoms with Crippen molar-refractivity contribution in [1.29, 1.82) is 0 Å². The molecular formula is C20H19N7O. The highest BCUT2D eigenvalue weighted by atomic mass is 16.2. The van der Waals surface area contributed by atoms with Crippen molar-refractivity contribution in [3.63, 3.8) is 0 Å². The van der Waals surface area contributed by atoms with Crippen molar-refractivity contribution in [3.05, 3.63) is 84.7 Å². The highest BCUT2D eigenvalue weighted by Gasteiger charge is 2.21. The van der Waals surface area contributed by atoms with E-state index in [1.54, 1.807) is 23.0 Å². The summed E-state index contributed by atoms with van der Waals surface area (Å²) >= 11 is 0. The van der Waals surface area contributed by atoms with Gasteiger partial charge in [0.25, 0.3) is 5.91 Å². The average molecular weight is 373 g/mol. The first-order valence-electron chi connectivity index (χ1n) is 8.83. The van der Waals surface area contributed by atoms with Crippen LogP contribution in [0, 0.1) is 0 Å². The molecule has 4 rings (SSSR count). The molecule has 0 aliphatic heterocycles. The third-order valence-electron chi connectivity index (χ3n) is 4.66. The van der Waals surface area contributed by atoms with Gasteiger partial charge in [-0.15, -0.1) is 5.10 Å². The molecule has 4 aromatic rings. The topological polar surface area (TPSA) is 81.7 Å². The Bertz CT molecular complexity index is 1060. The van der Waals surface area contributed by atoms with E-state index in [9.17, 15) is 4.79 Å². The van der Waals surface area contributed by atoms with Crippen molar-refractivity contribution in [2.24, 2.45) is 0 Å². The van der Waals surface area contributed by atoms with E-state index in [0.717, 1.165) is 16.9 Å². The number of amides is 1. The van der Waals surface area contributed by atoms with Gasteiger partial charge in [-0.05, 0) is 36.8 Å². The van der Waals surface area contributed by atoms with E-state index in [0.29, 0.717) is 5.69 Å². The second kappa shape index (κ2) is 7.43. The number of hydrogen-bond donors (Lipinski definition) is 0. The number of benzene rings is 2. The molecule has 28 heavy (non-hydrogen) atoms. The molecule has 8 heteroatoms. The van der Waals surface area contributed by atoms with Gasteiger partial charge in [-0.3, -0.25) is 4.79 Å². The highest BCUT2D eigenvalue weighted by Crippen LogP contribution is 2.21. The van der Waals surface area contributed by atoms with Gasteiger partial charge in [0.1, 0.15) is 12.7 Å². The van der Waals surface area contributed by atoms with E-state index in [1.807, 2.05) is 61.5 Å². The maximum atomic E-state index is 12.8. The van der Waals surface area contributed by atoms with Gasteiger partial charge in [0, 0.05) is 7.05 Å². The molecule has 0 saturated carbocycles. The molecule has 1 amide bonds. The highest BCUT2D eigenvalue weighted by molar-refractivity contribution is 5.92. The lowest BCUT2D eigenvalue weighted by molar-refractivity contribution is 0.0736. The molecule has 8 nitrogen and oxygen atoms in total. The minimum absolute atomic E-state index is 0.126. The first-order valence-corrected chi connectivity index (χ1v) is 8.83. The number of carbonyl (C=O) groups is 1. The molecule has 0 bridgehead atoms. The zero-order chi connectivity index (χ0) is 19.5. The Morgan fingerprint density at radius 1 is 1.00 bits per heavy atom. The van der Waals surface area contributed by atoms with Crippen molar-refractivity contribution in [2.45, 2.75) is 13.0 Å². The Hall–Kier alpha value is -3.81. The van der Waals surface area contributed by atoms with Gasteiger partial charge < -0.3 is 4.90 Å². The molecule has 2 aromatic carbocycles. The van der Waals surface area contributed by atoms with E-state index in [1.165, 1.54) is 17.3 Å². The van der Waals surface area contributed by atoms with Crippen molar-refractivity contribution in [2.75, 3.05) is 7.05 Å². The van der Waals surface area contributed by atoms with E-state index in [4.69, 9.17) is 0 Å². The monoisotopic (exact) mass is 373 g/mol. The van der Waals surface area contributed by atoms with E-state index in [2.05, 4.69) is 20.3 Å². The smallest absolute Gasteiger partial charge is 0.276 e. The quantitative estimate of drug-likeness (QED) is 0.537. The number of nitrogens with zero attached hydrogens (tertiary/aromatic N) is 7. The Kier molecular flexibility index (Phi) is 4.67. The van der Waals surface area contributed by atoms with Gasteiger partial charge in [0.2, 0.25) is 0 Å². The summed E-state index contributed by atoms with van der Waals surface area (Å²) in [7, 11) is 1.76. The molecular weight excluding hydrogens is 354 g/mol. The Morgan fingerprint density at radius 2 is 1.75 bits per heavy atom. The molecule has 0 aliphatic carbocycles. The lowest BCUT2D eigenvalue weighted by atomic mass is 10.1. The minimum atomic E-state index is -0.185. The van der Waals surface area contributed by atoms with E-state index < -0.39 is 0 Å². The lowest BCUT2D eigenvalue weighted by Gasteiger charge is -2.24. The SMILES string of the molecule is CC(c1ccc(-n2cncn2)cc1)N(C)C(=O)c1cnn(-c2ccccc2)n1. The molecule has 0 radical (unpaired) electrons. The molecule has 2 heterocycles. The van der Waals surface area contributed by atoms with Crippen LogP contribution >= 0.6 is 0 Å². The largest absolute Gasteiger partial charge is 0.334 e. The first-order chi connectivity index (χ1) is 13.6. The second-order valence-corrected chi connectivity index (χ2v) is 6.38. The zero-order valence-electron chi connectivity index (χ0n) is 15.5. The Morgan fingerprint density at radius 3 is 2.43 bits per heavy atom. The summed E-state index contributed by atoms with van der Waals surface area (Å²) in [5.41, 5.74) is 3.03. The van der Waals surface area contributed by atoms with Crippen molar-refractivity contribution in [3.8, 4) is 11.4 Å². The maximum Gasteiger partial charge on any atom is 0.276 e. The van der Waals surface area contributed by atoms with Gasteiger partial charge in [0.15, 0.2) is 5.69 Å². The fourth-order valence-electron chi connectivity index (χ4n) is 2.87. The third kappa shape index (κ3) is 3.39. The summed E-state index contributed by atoms with van der Waals surface area (Å²) < 4.78 is 1.69. The molecule has 2 aromatic heterocycles. The fourth-order valence-corrected chi connectivity index (χ4v) is 2.87. The summed E-state index contributed by atoms with van der Waals surface area (Å²) in [6, 6.07) is 17.2. The standard InChI is InChI=1S/C20H19N7O/c1-15(16-8-10-17(11-9-16)26-14-21-13-23-26)25(2)20(28)19-12-22-27(24-19)18-6-4-3-5-7-18/h3-15H,1-2H3. The number of rotatable bonds is 5. The predicted molar refractivity (Wildman–Crippen MR) is 103 cm³/mol. The van der Waals surface area contributed by atoms with E-state index in [-0.39, 0.29) is 11.9 Å². The normalized spacial score (nSPS) is 11.9. The Balaban J connectivity index is 1.50. The second-order valence-electron chi connectivity index (χ2n) is 6.38. The van der Waals surface area contributed by atoms with E-state index >= 15 is 0 Å². The molecule has 0 fully saturated rings. The van der Waals surface area contributed by atoms with Gasteiger partial charge in [-0.1, -0.05) is 30.3 Å². The number of hydrogen-bond acceptors (Lipinski definition) is 5. The molecule has 1 atom stereocenters. The average Bonchev–Trinajstić information content (AvgIpc) is 3.45. The van der Waals surface area contributed by atoms with Crippen molar-refractivity contribution < 1.29 is 4.79 Å². The molecule has 0 N–H and O–H groups in total. The summed E-state index contributed by atoms with van der Waals surface area (Å²) in [5, 5.41) is 12.6.